The standard InChI is InChI=1S/C18H13FN.C11H8N.Ir/c1-13-11-15(7-9-17(13)19)16-8-10-18(20-12-16)14-5-3-2-4-6-14;1-2-6-10(7-3-1)11-8-4-5-9-12-11;/h2-5,7-12H,1H3;1-6,8-9H;/q2*-1;/i1D3;;. The van der Waals surface area contributed by atoms with Gasteiger partial charge in [-0.2, -0.15) is 0 Å². The molecular weight excluding hydrogens is 588 g/mol. The zero-order chi connectivity index (χ0) is 24.7. The number of nitrogens with zero attached hydrogens (tertiary/aromatic N) is 2. The molecule has 5 rings (SSSR count). The predicted molar refractivity (Wildman–Crippen MR) is 127 cm³/mol. The molecule has 4 heteroatoms. The van der Waals surface area contributed by atoms with Crippen LogP contribution in [0.2, 0.25) is 0 Å². The van der Waals surface area contributed by atoms with Gasteiger partial charge in [0, 0.05) is 36.6 Å². The minimum Gasteiger partial charge on any atom is -0.305 e. The van der Waals surface area contributed by atoms with Crippen LogP contribution >= 0.6 is 0 Å². The van der Waals surface area contributed by atoms with E-state index in [-0.39, 0.29) is 25.7 Å². The fourth-order valence-electron chi connectivity index (χ4n) is 3.06. The molecule has 0 aliphatic rings. The van der Waals surface area contributed by atoms with Crippen LogP contribution in [0.3, 0.4) is 0 Å². The summed E-state index contributed by atoms with van der Waals surface area (Å²) in [6.45, 7) is -2.48. The van der Waals surface area contributed by atoms with Gasteiger partial charge < -0.3 is 9.97 Å². The van der Waals surface area contributed by atoms with Crippen LogP contribution in [0, 0.1) is 24.8 Å². The third kappa shape index (κ3) is 6.52. The van der Waals surface area contributed by atoms with Crippen LogP contribution in [0.25, 0.3) is 33.6 Å². The fraction of sp³-hybridized carbons (Fsp3) is 0.0345. The van der Waals surface area contributed by atoms with Crippen molar-refractivity contribution in [3.8, 4) is 33.6 Å². The van der Waals surface area contributed by atoms with E-state index in [9.17, 15) is 4.39 Å². The third-order valence-corrected chi connectivity index (χ3v) is 4.70. The summed E-state index contributed by atoms with van der Waals surface area (Å²) in [6.07, 6.45) is 3.43. The zero-order valence-corrected chi connectivity index (χ0v) is 19.9. The van der Waals surface area contributed by atoms with Crippen LogP contribution in [0.5, 0.6) is 0 Å². The number of hydrogen-bond donors (Lipinski definition) is 0. The molecule has 0 fully saturated rings. The van der Waals surface area contributed by atoms with Crippen LogP contribution in [-0.2, 0) is 20.1 Å². The molecule has 1 radical (unpaired) electrons. The Labute approximate surface area is 211 Å². The van der Waals surface area contributed by atoms with Gasteiger partial charge in [-0.05, 0) is 53.1 Å². The van der Waals surface area contributed by atoms with Crippen molar-refractivity contribution in [2.45, 2.75) is 6.85 Å². The van der Waals surface area contributed by atoms with E-state index >= 15 is 0 Å². The first kappa shape index (κ1) is 20.2. The van der Waals surface area contributed by atoms with Gasteiger partial charge in [-0.25, -0.2) is 4.39 Å². The van der Waals surface area contributed by atoms with Gasteiger partial charge in [0.2, 0.25) is 0 Å². The molecule has 165 valence electrons. The fourth-order valence-corrected chi connectivity index (χ4v) is 3.06. The quantitative estimate of drug-likeness (QED) is 0.202. The molecule has 3 aromatic carbocycles. The van der Waals surface area contributed by atoms with E-state index in [0.717, 1.165) is 28.1 Å². The van der Waals surface area contributed by atoms with Gasteiger partial charge >= 0.3 is 0 Å². The van der Waals surface area contributed by atoms with E-state index in [2.05, 4.69) is 22.1 Å². The van der Waals surface area contributed by atoms with Gasteiger partial charge in [-0.3, -0.25) is 0 Å². The molecule has 0 spiro atoms. The summed E-state index contributed by atoms with van der Waals surface area (Å²) in [6, 6.07) is 35.2. The minimum absolute atomic E-state index is 0. The van der Waals surface area contributed by atoms with Crippen molar-refractivity contribution < 1.29 is 28.6 Å². The maximum absolute atomic E-state index is 13.7. The van der Waals surface area contributed by atoms with Crippen molar-refractivity contribution in [1.82, 2.24) is 9.97 Å². The Balaban J connectivity index is 0.000000234. The van der Waals surface area contributed by atoms with Crippen molar-refractivity contribution in [1.29, 1.82) is 0 Å². The molecule has 33 heavy (non-hydrogen) atoms. The number of rotatable bonds is 3. The number of benzene rings is 3. The maximum Gasteiger partial charge on any atom is 0.126 e. The molecule has 2 nitrogen and oxygen atoms in total. The SMILES string of the molecule is [2H]C([2H])([2H])c1cc(-c2ccc(-c3[c-]cccc3)nc2)ccc1F.[Ir].[c-]1ccccc1-c1ccccn1. The van der Waals surface area contributed by atoms with E-state index in [1.807, 2.05) is 78.9 Å². The summed E-state index contributed by atoms with van der Waals surface area (Å²) < 4.78 is 35.9. The summed E-state index contributed by atoms with van der Waals surface area (Å²) in [5.41, 5.74) is 4.73. The van der Waals surface area contributed by atoms with E-state index in [1.165, 1.54) is 12.1 Å². The average Bonchev–Trinajstić information content (AvgIpc) is 2.90. The average molecular weight is 612 g/mol. The van der Waals surface area contributed by atoms with Crippen molar-refractivity contribution in [3.05, 3.63) is 133 Å². The molecule has 0 bridgehead atoms. The minimum atomic E-state index is -2.48. The number of pyridine rings is 2. The van der Waals surface area contributed by atoms with Crippen molar-refractivity contribution in [3.63, 3.8) is 0 Å². The van der Waals surface area contributed by atoms with Gasteiger partial charge in [0.15, 0.2) is 0 Å². The van der Waals surface area contributed by atoms with Gasteiger partial charge in [-0.1, -0.05) is 30.3 Å². The first-order valence-corrected chi connectivity index (χ1v) is 10.0. The molecule has 0 atom stereocenters. The molecule has 5 aromatic rings. The molecule has 0 aliphatic carbocycles. The Morgan fingerprint density at radius 2 is 1.39 bits per heavy atom. The monoisotopic (exact) mass is 612 g/mol. The van der Waals surface area contributed by atoms with E-state index in [0.29, 0.717) is 5.56 Å². The number of halogens is 1. The number of aryl methyl sites for hydroxylation is 1. The first-order valence-electron chi connectivity index (χ1n) is 11.5. The van der Waals surface area contributed by atoms with Crippen LogP contribution in [0.4, 0.5) is 4.39 Å². The zero-order valence-electron chi connectivity index (χ0n) is 20.5. The molecule has 2 aromatic heterocycles. The molecule has 0 amide bonds. The molecular formula is C29H21FIrN2-2. The van der Waals surface area contributed by atoms with Crippen molar-refractivity contribution >= 4 is 0 Å². The molecule has 2 heterocycles. The van der Waals surface area contributed by atoms with Gasteiger partial charge in [0.1, 0.15) is 5.82 Å². The van der Waals surface area contributed by atoms with Crippen molar-refractivity contribution in [2.24, 2.45) is 0 Å². The summed E-state index contributed by atoms with van der Waals surface area (Å²) in [5, 5.41) is 0. The Hall–Kier alpha value is -3.46. The van der Waals surface area contributed by atoms with E-state index in [4.69, 9.17) is 4.11 Å². The predicted octanol–water partition coefficient (Wildman–Crippen LogP) is 7.21. The summed E-state index contributed by atoms with van der Waals surface area (Å²) in [7, 11) is 0. The number of aromatic nitrogens is 2. The van der Waals surface area contributed by atoms with Gasteiger partial charge in [-0.15, -0.1) is 71.8 Å². The van der Waals surface area contributed by atoms with Crippen LogP contribution in [-0.4, -0.2) is 9.97 Å². The first-order chi connectivity index (χ1) is 16.9. The molecule has 0 N–H and O–H groups in total. The second kappa shape index (κ2) is 12.0. The Bertz CT molecular complexity index is 1330. The van der Waals surface area contributed by atoms with Gasteiger partial charge in [0.05, 0.1) is 0 Å². The van der Waals surface area contributed by atoms with E-state index < -0.39 is 12.7 Å². The molecule has 0 saturated carbocycles. The normalized spacial score (nSPS) is 11.6. The topological polar surface area (TPSA) is 25.8 Å². The number of hydrogen-bond acceptors (Lipinski definition) is 2. The van der Waals surface area contributed by atoms with Crippen LogP contribution < -0.4 is 0 Å². The summed E-state index contributed by atoms with van der Waals surface area (Å²) >= 11 is 0. The second-order valence-electron chi connectivity index (χ2n) is 6.89. The molecule has 0 aliphatic heterocycles. The largest absolute Gasteiger partial charge is 0.305 e. The molecule has 0 saturated heterocycles. The Morgan fingerprint density at radius 3 is 1.94 bits per heavy atom. The molecule has 0 unspecified atom stereocenters. The maximum atomic E-state index is 13.7. The summed E-state index contributed by atoms with van der Waals surface area (Å²) in [4.78, 5) is 8.59. The van der Waals surface area contributed by atoms with Crippen molar-refractivity contribution in [2.75, 3.05) is 0 Å². The third-order valence-electron chi connectivity index (χ3n) is 4.70. The van der Waals surface area contributed by atoms with Crippen LogP contribution in [0.1, 0.15) is 9.68 Å². The summed E-state index contributed by atoms with van der Waals surface area (Å²) in [5.74, 6) is -0.725. The Kier molecular flexibility index (Phi) is 7.31. The van der Waals surface area contributed by atoms with Gasteiger partial charge in [0.25, 0.3) is 0 Å². The Morgan fingerprint density at radius 1 is 0.727 bits per heavy atom. The second-order valence-corrected chi connectivity index (χ2v) is 6.89. The van der Waals surface area contributed by atoms with E-state index in [1.54, 1.807) is 18.5 Å². The smallest absolute Gasteiger partial charge is 0.126 e. The van der Waals surface area contributed by atoms with Crippen LogP contribution in [0.15, 0.2) is 109 Å².